The number of hydrogen-bond acceptors (Lipinski definition) is 4. The van der Waals surface area contributed by atoms with Crippen LogP contribution in [0.2, 0.25) is 5.02 Å². The lowest BCUT2D eigenvalue weighted by Crippen LogP contribution is -2.28. The Hall–Kier alpha value is -2.99. The van der Waals surface area contributed by atoms with Gasteiger partial charge in [0.2, 0.25) is 5.89 Å². The van der Waals surface area contributed by atoms with Gasteiger partial charge in [0.25, 0.3) is 0 Å². The molecule has 0 radical (unpaired) electrons. The number of nitrogens with zero attached hydrogens (tertiary/aromatic N) is 1. The number of aryl methyl sites for hydroxylation is 1. The fourth-order valence-electron chi connectivity index (χ4n) is 2.48. The minimum atomic E-state index is -0.328. The van der Waals surface area contributed by atoms with Gasteiger partial charge in [-0.05, 0) is 56.3 Å². The highest BCUT2D eigenvalue weighted by Gasteiger charge is 2.13. The van der Waals surface area contributed by atoms with Crippen molar-refractivity contribution in [2.45, 2.75) is 20.4 Å². The van der Waals surface area contributed by atoms with Crippen molar-refractivity contribution in [3.05, 3.63) is 65.0 Å². The van der Waals surface area contributed by atoms with Crippen LogP contribution in [0.1, 0.15) is 18.4 Å². The van der Waals surface area contributed by atoms with Crippen LogP contribution in [0.15, 0.2) is 52.9 Å². The Morgan fingerprint density at radius 2 is 2.00 bits per heavy atom. The summed E-state index contributed by atoms with van der Waals surface area (Å²) >= 11 is 6.01. The molecule has 0 saturated carbocycles. The summed E-state index contributed by atoms with van der Waals surface area (Å²) in [6.45, 7) is 4.58. The number of aromatic nitrogens is 1. The highest BCUT2D eigenvalue weighted by molar-refractivity contribution is 6.30. The fourth-order valence-corrected chi connectivity index (χ4v) is 2.67. The second kappa shape index (κ2) is 8.60. The molecule has 0 unspecified atom stereocenters. The molecule has 1 heterocycles. The van der Waals surface area contributed by atoms with Gasteiger partial charge in [-0.15, -0.1) is 0 Å². The summed E-state index contributed by atoms with van der Waals surface area (Å²) in [5.74, 6) is 1.88. The standard InChI is InChI=1S/C20H20ClN3O3/c1-3-26-17-9-7-16(8-10-17)23-20(25)22-12-18-13(2)27-19(24-18)14-5-4-6-15(21)11-14/h4-11H,3,12H2,1-2H3,(H2,22,23,25). The molecule has 1 aromatic heterocycles. The van der Waals surface area contributed by atoms with Gasteiger partial charge in [0.15, 0.2) is 0 Å². The predicted molar refractivity (Wildman–Crippen MR) is 105 cm³/mol. The van der Waals surface area contributed by atoms with Crippen LogP contribution in [0.4, 0.5) is 10.5 Å². The van der Waals surface area contributed by atoms with Crippen molar-refractivity contribution in [2.24, 2.45) is 0 Å². The smallest absolute Gasteiger partial charge is 0.319 e. The summed E-state index contributed by atoms with van der Waals surface area (Å²) in [6, 6.07) is 14.1. The minimum absolute atomic E-state index is 0.249. The van der Waals surface area contributed by atoms with Gasteiger partial charge in [-0.25, -0.2) is 9.78 Å². The lowest BCUT2D eigenvalue weighted by molar-refractivity contribution is 0.251. The number of ether oxygens (including phenoxy) is 1. The second-order valence-electron chi connectivity index (χ2n) is 5.80. The fraction of sp³-hybridized carbons (Fsp3) is 0.200. The molecule has 0 aliphatic rings. The van der Waals surface area contributed by atoms with Crippen LogP contribution < -0.4 is 15.4 Å². The third-order valence-corrected chi connectivity index (χ3v) is 4.04. The van der Waals surface area contributed by atoms with Crippen molar-refractivity contribution < 1.29 is 13.9 Å². The number of nitrogens with one attached hydrogen (secondary N) is 2. The molecule has 3 rings (SSSR count). The first kappa shape index (κ1) is 18.8. The van der Waals surface area contributed by atoms with Crippen LogP contribution in [0.5, 0.6) is 5.75 Å². The Labute approximate surface area is 162 Å². The number of rotatable bonds is 6. The summed E-state index contributed by atoms with van der Waals surface area (Å²) < 4.78 is 11.1. The SMILES string of the molecule is CCOc1ccc(NC(=O)NCc2nc(-c3cccc(Cl)c3)oc2C)cc1. The summed E-state index contributed by atoms with van der Waals surface area (Å²) in [7, 11) is 0. The van der Waals surface area contributed by atoms with Crippen molar-refractivity contribution in [1.29, 1.82) is 0 Å². The zero-order chi connectivity index (χ0) is 19.2. The number of carbonyl (C=O) groups is 1. The minimum Gasteiger partial charge on any atom is -0.494 e. The lowest BCUT2D eigenvalue weighted by atomic mass is 10.2. The molecule has 2 amide bonds. The van der Waals surface area contributed by atoms with E-state index >= 15 is 0 Å². The van der Waals surface area contributed by atoms with Crippen LogP contribution in [-0.2, 0) is 6.54 Å². The summed E-state index contributed by atoms with van der Waals surface area (Å²) in [6.07, 6.45) is 0. The topological polar surface area (TPSA) is 76.4 Å². The average molecular weight is 386 g/mol. The molecule has 3 aromatic rings. The Morgan fingerprint density at radius 1 is 1.22 bits per heavy atom. The highest BCUT2D eigenvalue weighted by Crippen LogP contribution is 2.24. The van der Waals surface area contributed by atoms with E-state index < -0.39 is 0 Å². The molecule has 0 saturated heterocycles. The Balaban J connectivity index is 1.59. The van der Waals surface area contributed by atoms with Crippen LogP contribution in [0, 0.1) is 6.92 Å². The first-order chi connectivity index (χ1) is 13.0. The van der Waals surface area contributed by atoms with Gasteiger partial charge in [0, 0.05) is 16.3 Å². The number of anilines is 1. The summed E-state index contributed by atoms with van der Waals surface area (Å²) in [4.78, 5) is 16.5. The molecule has 2 aromatic carbocycles. The molecule has 6 nitrogen and oxygen atoms in total. The maximum Gasteiger partial charge on any atom is 0.319 e. The van der Waals surface area contributed by atoms with Gasteiger partial charge in [-0.1, -0.05) is 17.7 Å². The van der Waals surface area contributed by atoms with Crippen molar-refractivity contribution in [1.82, 2.24) is 10.3 Å². The van der Waals surface area contributed by atoms with E-state index in [2.05, 4.69) is 15.6 Å². The molecule has 0 fully saturated rings. The molecular formula is C20H20ClN3O3. The number of benzene rings is 2. The molecule has 0 bridgehead atoms. The molecule has 140 valence electrons. The summed E-state index contributed by atoms with van der Waals surface area (Å²) in [5.41, 5.74) is 2.12. The van der Waals surface area contributed by atoms with Gasteiger partial charge in [-0.2, -0.15) is 0 Å². The number of urea groups is 1. The van der Waals surface area contributed by atoms with Gasteiger partial charge < -0.3 is 19.8 Å². The maximum atomic E-state index is 12.1. The zero-order valence-corrected chi connectivity index (χ0v) is 15.8. The Morgan fingerprint density at radius 3 is 2.70 bits per heavy atom. The second-order valence-corrected chi connectivity index (χ2v) is 6.23. The first-order valence-corrected chi connectivity index (χ1v) is 8.93. The van der Waals surface area contributed by atoms with Gasteiger partial charge in [-0.3, -0.25) is 0 Å². The number of hydrogen-bond donors (Lipinski definition) is 2. The average Bonchev–Trinajstić information content (AvgIpc) is 3.03. The normalized spacial score (nSPS) is 10.5. The van der Waals surface area contributed by atoms with Crippen LogP contribution in [0.25, 0.3) is 11.5 Å². The Kier molecular flexibility index (Phi) is 5.98. The molecule has 0 atom stereocenters. The van der Waals surface area contributed by atoms with E-state index in [0.29, 0.717) is 34.7 Å². The predicted octanol–water partition coefficient (Wildman–Crippen LogP) is 5.02. The van der Waals surface area contributed by atoms with E-state index in [-0.39, 0.29) is 12.6 Å². The van der Waals surface area contributed by atoms with Crippen LogP contribution in [-0.4, -0.2) is 17.6 Å². The van der Waals surface area contributed by atoms with E-state index in [1.807, 2.05) is 26.0 Å². The number of carbonyl (C=O) groups excluding carboxylic acids is 1. The first-order valence-electron chi connectivity index (χ1n) is 8.55. The molecule has 0 aliphatic carbocycles. The number of oxazole rings is 1. The van der Waals surface area contributed by atoms with E-state index in [1.54, 1.807) is 36.4 Å². The molecule has 27 heavy (non-hydrogen) atoms. The van der Waals surface area contributed by atoms with Crippen LogP contribution in [0.3, 0.4) is 0 Å². The van der Waals surface area contributed by atoms with E-state index in [1.165, 1.54) is 0 Å². The highest BCUT2D eigenvalue weighted by atomic mass is 35.5. The van der Waals surface area contributed by atoms with Crippen molar-refractivity contribution in [2.75, 3.05) is 11.9 Å². The number of amides is 2. The Bertz CT molecular complexity index is 922. The van der Waals surface area contributed by atoms with Gasteiger partial charge in [0.05, 0.1) is 13.2 Å². The summed E-state index contributed by atoms with van der Waals surface area (Å²) in [5, 5.41) is 6.15. The van der Waals surface area contributed by atoms with Gasteiger partial charge in [0.1, 0.15) is 17.2 Å². The van der Waals surface area contributed by atoms with Crippen molar-refractivity contribution >= 4 is 23.3 Å². The molecular weight excluding hydrogens is 366 g/mol. The lowest BCUT2D eigenvalue weighted by Gasteiger charge is -2.08. The maximum absolute atomic E-state index is 12.1. The van der Waals surface area contributed by atoms with Gasteiger partial charge >= 0.3 is 6.03 Å². The van der Waals surface area contributed by atoms with E-state index in [4.69, 9.17) is 20.8 Å². The monoisotopic (exact) mass is 385 g/mol. The van der Waals surface area contributed by atoms with Crippen molar-refractivity contribution in [3.8, 4) is 17.2 Å². The molecule has 2 N–H and O–H groups in total. The van der Waals surface area contributed by atoms with E-state index in [0.717, 1.165) is 11.3 Å². The zero-order valence-electron chi connectivity index (χ0n) is 15.1. The molecule has 0 spiro atoms. The third-order valence-electron chi connectivity index (χ3n) is 3.80. The van der Waals surface area contributed by atoms with E-state index in [9.17, 15) is 4.79 Å². The quantitative estimate of drug-likeness (QED) is 0.624. The molecule has 0 aliphatic heterocycles. The number of halogens is 1. The van der Waals surface area contributed by atoms with Crippen molar-refractivity contribution in [3.63, 3.8) is 0 Å². The largest absolute Gasteiger partial charge is 0.494 e. The molecule has 7 heteroatoms. The third kappa shape index (κ3) is 5.01. The van der Waals surface area contributed by atoms with Crippen LogP contribution >= 0.6 is 11.6 Å².